The van der Waals surface area contributed by atoms with Crippen molar-refractivity contribution in [3.8, 4) is 0 Å². The topological polar surface area (TPSA) is 12.0 Å². The van der Waals surface area contributed by atoms with Crippen LogP contribution in [0.3, 0.4) is 0 Å². The van der Waals surface area contributed by atoms with Gasteiger partial charge >= 0.3 is 0 Å². The third kappa shape index (κ3) is 3.05. The van der Waals surface area contributed by atoms with Gasteiger partial charge in [-0.25, -0.2) is 0 Å². The van der Waals surface area contributed by atoms with Crippen molar-refractivity contribution in [1.29, 1.82) is 0 Å². The quantitative estimate of drug-likeness (QED) is 0.532. The van der Waals surface area contributed by atoms with E-state index >= 15 is 0 Å². The van der Waals surface area contributed by atoms with E-state index in [9.17, 15) is 0 Å². The Balaban J connectivity index is 2.25. The smallest absolute Gasteiger partial charge is 0.0835 e. The van der Waals surface area contributed by atoms with Gasteiger partial charge in [0, 0.05) is 13.8 Å². The summed E-state index contributed by atoms with van der Waals surface area (Å²) in [7, 11) is 0. The summed E-state index contributed by atoms with van der Waals surface area (Å²) in [5.74, 6) is 0. The largest absolute Gasteiger partial charge is 0.376 e. The van der Waals surface area contributed by atoms with E-state index in [0.717, 1.165) is 14.6 Å². The molecule has 1 unspecified atom stereocenters. The summed E-state index contributed by atoms with van der Waals surface area (Å²) in [5, 5.41) is 6.47. The molecule has 1 atom stereocenters. The first-order valence-electron chi connectivity index (χ1n) is 5.13. The molecule has 0 radical (unpaired) electrons. The molecule has 0 saturated carbocycles. The average Bonchev–Trinajstić information content (AvgIpc) is 2.76. The van der Waals surface area contributed by atoms with Crippen molar-refractivity contribution in [1.82, 2.24) is 0 Å². The maximum absolute atomic E-state index is 6.21. The van der Waals surface area contributed by atoms with Crippen molar-refractivity contribution in [2.24, 2.45) is 0 Å². The number of halogens is 4. The van der Waals surface area contributed by atoms with E-state index < -0.39 is 0 Å². The Labute approximate surface area is 137 Å². The van der Waals surface area contributed by atoms with Crippen LogP contribution in [-0.2, 0) is 0 Å². The molecule has 6 heteroatoms. The van der Waals surface area contributed by atoms with Gasteiger partial charge in [-0.3, -0.25) is 0 Å². The first-order chi connectivity index (χ1) is 8.50. The number of anilines is 1. The van der Waals surface area contributed by atoms with E-state index in [2.05, 4.69) is 44.1 Å². The highest BCUT2D eigenvalue weighted by molar-refractivity contribution is 9.10. The van der Waals surface area contributed by atoms with Gasteiger partial charge in [0.05, 0.1) is 21.8 Å². The van der Waals surface area contributed by atoms with Gasteiger partial charge in [0.25, 0.3) is 0 Å². The van der Waals surface area contributed by atoms with Gasteiger partial charge in [0.2, 0.25) is 0 Å². The first kappa shape index (κ1) is 14.7. The number of benzene rings is 1. The van der Waals surface area contributed by atoms with Gasteiger partial charge in [-0.1, -0.05) is 23.2 Å². The zero-order valence-corrected chi connectivity index (χ0v) is 14.8. The maximum Gasteiger partial charge on any atom is 0.0835 e. The van der Waals surface area contributed by atoms with Crippen LogP contribution in [0.2, 0.25) is 10.0 Å². The van der Waals surface area contributed by atoms with Crippen LogP contribution in [0, 0.1) is 0 Å². The molecule has 0 saturated heterocycles. The molecule has 1 heterocycles. The van der Waals surface area contributed by atoms with Gasteiger partial charge in [-0.2, -0.15) is 0 Å². The Kier molecular flexibility index (Phi) is 5.00. The highest BCUT2D eigenvalue weighted by atomic mass is 79.9. The van der Waals surface area contributed by atoms with Crippen molar-refractivity contribution >= 4 is 72.1 Å². The molecule has 0 bridgehead atoms. The van der Waals surface area contributed by atoms with Crippen molar-refractivity contribution in [2.45, 2.75) is 13.0 Å². The molecule has 0 fully saturated rings. The molecule has 2 rings (SSSR count). The molecular weight excluding hydrogens is 421 g/mol. The van der Waals surface area contributed by atoms with E-state index in [4.69, 9.17) is 23.2 Å². The molecular formula is C12H9Br2Cl2NS. The van der Waals surface area contributed by atoms with Crippen molar-refractivity contribution in [2.75, 3.05) is 5.32 Å². The Morgan fingerprint density at radius 1 is 1.11 bits per heavy atom. The number of nitrogens with one attached hydrogen (secondary N) is 1. The van der Waals surface area contributed by atoms with E-state index in [0.29, 0.717) is 10.0 Å². The van der Waals surface area contributed by atoms with Crippen LogP contribution in [0.4, 0.5) is 5.69 Å². The third-order valence-electron chi connectivity index (χ3n) is 2.45. The van der Waals surface area contributed by atoms with Gasteiger partial charge in [-0.15, -0.1) is 11.3 Å². The number of rotatable bonds is 3. The van der Waals surface area contributed by atoms with Gasteiger partial charge in [-0.05, 0) is 62.4 Å². The normalized spacial score (nSPS) is 12.5. The zero-order valence-electron chi connectivity index (χ0n) is 9.31. The lowest BCUT2D eigenvalue weighted by atomic mass is 10.2. The summed E-state index contributed by atoms with van der Waals surface area (Å²) in [6.07, 6.45) is 0. The predicted octanol–water partition coefficient (Wildman–Crippen LogP) is 6.75. The fourth-order valence-corrected chi connectivity index (χ4v) is 4.10. The van der Waals surface area contributed by atoms with Gasteiger partial charge < -0.3 is 5.32 Å². The van der Waals surface area contributed by atoms with Crippen LogP contribution in [0.25, 0.3) is 0 Å². The van der Waals surface area contributed by atoms with Crippen molar-refractivity contribution in [3.63, 3.8) is 0 Å². The van der Waals surface area contributed by atoms with Crippen LogP contribution in [-0.4, -0.2) is 0 Å². The number of hydrogen-bond donors (Lipinski definition) is 1. The monoisotopic (exact) mass is 427 g/mol. The maximum atomic E-state index is 6.21. The molecule has 18 heavy (non-hydrogen) atoms. The van der Waals surface area contributed by atoms with Crippen LogP contribution in [0.5, 0.6) is 0 Å². The van der Waals surface area contributed by atoms with E-state index in [1.807, 2.05) is 23.6 Å². The van der Waals surface area contributed by atoms with Crippen LogP contribution in [0.15, 0.2) is 32.5 Å². The lowest BCUT2D eigenvalue weighted by Crippen LogP contribution is -2.06. The molecule has 96 valence electrons. The molecule has 0 aliphatic carbocycles. The summed E-state index contributed by atoms with van der Waals surface area (Å²) in [4.78, 5) is 1.23. The summed E-state index contributed by atoms with van der Waals surface area (Å²) in [6.45, 7) is 2.09. The molecule has 1 nitrogen and oxygen atoms in total. The van der Waals surface area contributed by atoms with Crippen molar-refractivity contribution < 1.29 is 0 Å². The molecule has 1 aromatic carbocycles. The lowest BCUT2D eigenvalue weighted by molar-refractivity contribution is 0.903. The zero-order chi connectivity index (χ0) is 13.3. The fraction of sp³-hybridized carbons (Fsp3) is 0.167. The van der Waals surface area contributed by atoms with Crippen LogP contribution < -0.4 is 5.32 Å². The summed E-state index contributed by atoms with van der Waals surface area (Å²) < 4.78 is 1.90. The Bertz CT molecular complexity index is 571. The summed E-state index contributed by atoms with van der Waals surface area (Å²) >= 11 is 20.9. The second kappa shape index (κ2) is 6.14. The van der Waals surface area contributed by atoms with E-state index in [1.165, 1.54) is 4.88 Å². The molecule has 1 N–H and O–H groups in total. The third-order valence-corrected chi connectivity index (χ3v) is 6.27. The Morgan fingerprint density at radius 3 is 2.44 bits per heavy atom. The summed E-state index contributed by atoms with van der Waals surface area (Å²) in [5.41, 5.74) is 0.831. The molecule has 1 aromatic heterocycles. The Hall–Kier alpha value is 0.260. The first-order valence-corrected chi connectivity index (χ1v) is 8.35. The average molecular weight is 430 g/mol. The summed E-state index contributed by atoms with van der Waals surface area (Å²) in [6, 6.07) is 5.99. The minimum atomic E-state index is 0.161. The predicted molar refractivity (Wildman–Crippen MR) is 88.2 cm³/mol. The molecule has 2 aromatic rings. The standard InChI is InChI=1S/C12H9Br2Cl2NS/c1-6(12-8(14)4-5-18-12)17-9-3-2-7(13)10(15)11(9)16/h2-6,17H,1H3. The fourth-order valence-electron chi connectivity index (χ4n) is 1.55. The van der Waals surface area contributed by atoms with Gasteiger partial charge in [0.15, 0.2) is 0 Å². The SMILES string of the molecule is CC(Nc1ccc(Br)c(Cl)c1Cl)c1sccc1Br. The molecule has 0 spiro atoms. The Morgan fingerprint density at radius 2 is 1.83 bits per heavy atom. The van der Waals surface area contributed by atoms with Crippen molar-refractivity contribution in [3.05, 3.63) is 47.4 Å². The molecule has 0 amide bonds. The highest BCUT2D eigenvalue weighted by Crippen LogP contribution is 2.38. The lowest BCUT2D eigenvalue weighted by Gasteiger charge is -2.16. The molecule has 0 aliphatic rings. The van der Waals surface area contributed by atoms with Crippen LogP contribution in [0.1, 0.15) is 17.8 Å². The number of hydrogen-bond acceptors (Lipinski definition) is 2. The second-order valence-corrected chi connectivity index (χ2v) is 7.13. The minimum Gasteiger partial charge on any atom is -0.376 e. The highest BCUT2D eigenvalue weighted by Gasteiger charge is 2.14. The number of thiophene rings is 1. The van der Waals surface area contributed by atoms with Crippen LogP contribution >= 0.6 is 66.4 Å². The molecule has 0 aliphatic heterocycles. The van der Waals surface area contributed by atoms with E-state index in [-0.39, 0.29) is 6.04 Å². The minimum absolute atomic E-state index is 0.161. The second-order valence-electron chi connectivity index (χ2n) is 3.72. The van der Waals surface area contributed by atoms with E-state index in [1.54, 1.807) is 11.3 Å². The van der Waals surface area contributed by atoms with Gasteiger partial charge in [0.1, 0.15) is 0 Å².